The maximum absolute atomic E-state index is 6.06. The first kappa shape index (κ1) is 8.27. The van der Waals surface area contributed by atoms with Gasteiger partial charge in [0.05, 0.1) is 0 Å². The number of rotatable bonds is 0. The van der Waals surface area contributed by atoms with Crippen LogP contribution < -0.4 is 11.5 Å². The van der Waals surface area contributed by atoms with Gasteiger partial charge in [-0.05, 0) is 37.5 Å². The molecule has 1 saturated carbocycles. The zero-order chi connectivity index (χ0) is 8.55. The van der Waals surface area contributed by atoms with Gasteiger partial charge in [-0.1, -0.05) is 12.2 Å². The molecule has 4 unspecified atom stereocenters. The summed E-state index contributed by atoms with van der Waals surface area (Å²) in [6.45, 7) is 0. The summed E-state index contributed by atoms with van der Waals surface area (Å²) in [6, 6.07) is 0.770. The van der Waals surface area contributed by atoms with Crippen LogP contribution in [0.3, 0.4) is 0 Å². The van der Waals surface area contributed by atoms with E-state index in [4.69, 9.17) is 11.5 Å². The molecule has 12 heavy (non-hydrogen) atoms. The summed E-state index contributed by atoms with van der Waals surface area (Å²) in [7, 11) is 0. The molecule has 2 nitrogen and oxygen atoms in total. The Morgan fingerprint density at radius 2 is 1.75 bits per heavy atom. The first-order valence-electron chi connectivity index (χ1n) is 4.97. The highest BCUT2D eigenvalue weighted by Gasteiger charge is 2.35. The van der Waals surface area contributed by atoms with Crippen LogP contribution in [-0.2, 0) is 0 Å². The summed E-state index contributed by atoms with van der Waals surface area (Å²) in [6.07, 6.45) is 9.22. The molecule has 4 atom stereocenters. The van der Waals surface area contributed by atoms with Crippen LogP contribution in [0.5, 0.6) is 0 Å². The van der Waals surface area contributed by atoms with E-state index in [-0.39, 0.29) is 0 Å². The second-order valence-electron chi connectivity index (χ2n) is 4.15. The summed E-state index contributed by atoms with van der Waals surface area (Å²) in [5.41, 5.74) is 12.1. The van der Waals surface area contributed by atoms with E-state index in [0.29, 0.717) is 23.9 Å². The highest BCUT2D eigenvalue weighted by molar-refractivity contribution is 5.06. The molecule has 2 heteroatoms. The summed E-state index contributed by atoms with van der Waals surface area (Å²) >= 11 is 0. The monoisotopic (exact) mass is 166 g/mol. The SMILES string of the molecule is NC1CCC(N)C2CCC=CC12. The minimum atomic E-state index is 0.367. The molecule has 0 radical (unpaired) electrons. The molecule has 0 amide bonds. The maximum atomic E-state index is 6.06. The largest absolute Gasteiger partial charge is 0.327 e. The molecule has 2 aliphatic carbocycles. The van der Waals surface area contributed by atoms with Crippen LogP contribution >= 0.6 is 0 Å². The normalized spacial score (nSPS) is 47.2. The van der Waals surface area contributed by atoms with E-state index in [1.165, 1.54) is 12.8 Å². The Labute approximate surface area is 74.0 Å². The third kappa shape index (κ3) is 1.29. The molecular weight excluding hydrogens is 148 g/mol. The van der Waals surface area contributed by atoms with Crippen LogP contribution in [0.1, 0.15) is 25.7 Å². The average Bonchev–Trinajstić information content (AvgIpc) is 2.12. The van der Waals surface area contributed by atoms with Gasteiger partial charge in [-0.2, -0.15) is 0 Å². The number of hydrogen-bond donors (Lipinski definition) is 2. The van der Waals surface area contributed by atoms with E-state index in [1.54, 1.807) is 0 Å². The van der Waals surface area contributed by atoms with Crippen LogP contribution in [0.2, 0.25) is 0 Å². The Balaban J connectivity index is 2.14. The lowest BCUT2D eigenvalue weighted by Crippen LogP contribution is -2.48. The molecule has 0 bridgehead atoms. The van der Waals surface area contributed by atoms with Crippen molar-refractivity contribution in [3.05, 3.63) is 12.2 Å². The van der Waals surface area contributed by atoms with Gasteiger partial charge in [0.25, 0.3) is 0 Å². The average molecular weight is 166 g/mol. The van der Waals surface area contributed by atoms with Crippen LogP contribution in [0, 0.1) is 11.8 Å². The lowest BCUT2D eigenvalue weighted by molar-refractivity contribution is 0.197. The first-order chi connectivity index (χ1) is 5.79. The van der Waals surface area contributed by atoms with Crippen molar-refractivity contribution in [3.63, 3.8) is 0 Å². The molecule has 2 aliphatic rings. The van der Waals surface area contributed by atoms with Crippen LogP contribution in [0.15, 0.2) is 12.2 Å². The number of nitrogens with two attached hydrogens (primary N) is 2. The van der Waals surface area contributed by atoms with Crippen molar-refractivity contribution < 1.29 is 0 Å². The van der Waals surface area contributed by atoms with Crippen LogP contribution in [-0.4, -0.2) is 12.1 Å². The molecular formula is C10H18N2. The van der Waals surface area contributed by atoms with Gasteiger partial charge in [0.1, 0.15) is 0 Å². The van der Waals surface area contributed by atoms with Crippen molar-refractivity contribution >= 4 is 0 Å². The fraction of sp³-hybridized carbons (Fsp3) is 0.800. The molecule has 0 spiro atoms. The fourth-order valence-electron chi connectivity index (χ4n) is 2.63. The molecule has 0 aliphatic heterocycles. The Morgan fingerprint density at radius 3 is 2.50 bits per heavy atom. The quantitative estimate of drug-likeness (QED) is 0.528. The standard InChI is InChI=1S/C10H18N2/c11-9-5-6-10(12)8-4-2-1-3-7(8)9/h1,3,7-10H,2,4-6,11-12H2. The van der Waals surface area contributed by atoms with Crippen molar-refractivity contribution in [3.8, 4) is 0 Å². The summed E-state index contributed by atoms with van der Waals surface area (Å²) < 4.78 is 0. The van der Waals surface area contributed by atoms with Crippen molar-refractivity contribution in [1.29, 1.82) is 0 Å². The molecule has 4 N–H and O–H groups in total. The third-order valence-electron chi connectivity index (χ3n) is 3.40. The van der Waals surface area contributed by atoms with Crippen molar-refractivity contribution in [2.45, 2.75) is 37.8 Å². The van der Waals surface area contributed by atoms with Gasteiger partial charge >= 0.3 is 0 Å². The van der Waals surface area contributed by atoms with Crippen LogP contribution in [0.25, 0.3) is 0 Å². The molecule has 2 rings (SSSR count). The van der Waals surface area contributed by atoms with E-state index in [2.05, 4.69) is 12.2 Å². The van der Waals surface area contributed by atoms with E-state index >= 15 is 0 Å². The fourth-order valence-corrected chi connectivity index (χ4v) is 2.63. The van der Waals surface area contributed by atoms with E-state index in [9.17, 15) is 0 Å². The highest BCUT2D eigenvalue weighted by Crippen LogP contribution is 2.35. The summed E-state index contributed by atoms with van der Waals surface area (Å²) in [5, 5.41) is 0. The van der Waals surface area contributed by atoms with Crippen molar-refractivity contribution in [1.82, 2.24) is 0 Å². The Bertz CT molecular complexity index is 188. The maximum Gasteiger partial charge on any atom is 0.0106 e. The second kappa shape index (κ2) is 3.19. The predicted octanol–water partition coefficient (Wildman–Crippen LogP) is 1.02. The van der Waals surface area contributed by atoms with Gasteiger partial charge < -0.3 is 11.5 Å². The van der Waals surface area contributed by atoms with Gasteiger partial charge in [-0.3, -0.25) is 0 Å². The first-order valence-corrected chi connectivity index (χ1v) is 4.97. The van der Waals surface area contributed by atoms with Gasteiger partial charge in [0, 0.05) is 12.1 Å². The molecule has 0 aromatic heterocycles. The highest BCUT2D eigenvalue weighted by atomic mass is 14.7. The number of hydrogen-bond acceptors (Lipinski definition) is 2. The molecule has 1 fully saturated rings. The molecule has 0 saturated heterocycles. The second-order valence-corrected chi connectivity index (χ2v) is 4.15. The topological polar surface area (TPSA) is 52.0 Å². The van der Waals surface area contributed by atoms with E-state index in [1.807, 2.05) is 0 Å². The zero-order valence-corrected chi connectivity index (χ0v) is 7.45. The van der Waals surface area contributed by atoms with Gasteiger partial charge in [0.15, 0.2) is 0 Å². The van der Waals surface area contributed by atoms with Gasteiger partial charge in [0.2, 0.25) is 0 Å². The predicted molar refractivity (Wildman–Crippen MR) is 50.5 cm³/mol. The molecule has 68 valence electrons. The zero-order valence-electron chi connectivity index (χ0n) is 7.45. The Kier molecular flexibility index (Phi) is 2.20. The van der Waals surface area contributed by atoms with E-state index in [0.717, 1.165) is 12.8 Å². The van der Waals surface area contributed by atoms with Gasteiger partial charge in [-0.25, -0.2) is 0 Å². The molecule has 0 heterocycles. The van der Waals surface area contributed by atoms with E-state index < -0.39 is 0 Å². The summed E-state index contributed by atoms with van der Waals surface area (Å²) in [4.78, 5) is 0. The molecule has 0 aromatic carbocycles. The minimum Gasteiger partial charge on any atom is -0.327 e. The summed E-state index contributed by atoms with van der Waals surface area (Å²) in [5.74, 6) is 1.24. The third-order valence-corrected chi connectivity index (χ3v) is 3.40. The van der Waals surface area contributed by atoms with Gasteiger partial charge in [-0.15, -0.1) is 0 Å². The smallest absolute Gasteiger partial charge is 0.0106 e. The van der Waals surface area contributed by atoms with Crippen molar-refractivity contribution in [2.24, 2.45) is 23.3 Å². The lowest BCUT2D eigenvalue weighted by Gasteiger charge is -2.40. The molecule has 0 aromatic rings. The number of allylic oxidation sites excluding steroid dienone is 1. The number of fused-ring (bicyclic) bond motifs is 1. The Morgan fingerprint density at radius 1 is 1.00 bits per heavy atom. The Hall–Kier alpha value is -0.340. The minimum absolute atomic E-state index is 0.367. The van der Waals surface area contributed by atoms with Crippen LogP contribution in [0.4, 0.5) is 0 Å². The van der Waals surface area contributed by atoms with Crippen molar-refractivity contribution in [2.75, 3.05) is 0 Å². The lowest BCUT2D eigenvalue weighted by atomic mass is 9.69.